The van der Waals surface area contributed by atoms with Crippen molar-refractivity contribution in [2.45, 2.75) is 33.2 Å². The summed E-state index contributed by atoms with van der Waals surface area (Å²) >= 11 is 1.91. The van der Waals surface area contributed by atoms with Crippen LogP contribution in [-0.4, -0.2) is 7.05 Å². The minimum atomic E-state index is 0.544. The second-order valence-corrected chi connectivity index (χ2v) is 4.43. The standard InChI is InChI=1S/C10H17NS/c1-5-9(11-4)10-6-7(2)8(3)12-10/h6,9,11H,5H2,1-4H3. The van der Waals surface area contributed by atoms with Gasteiger partial charge in [0.25, 0.3) is 0 Å². The molecule has 0 amide bonds. The predicted octanol–water partition coefficient (Wildman–Crippen LogP) is 3.04. The lowest BCUT2D eigenvalue weighted by molar-refractivity contribution is 0.586. The first kappa shape index (κ1) is 9.75. The second kappa shape index (κ2) is 4.06. The maximum atomic E-state index is 3.32. The molecule has 0 aliphatic rings. The fraction of sp³-hybridized carbons (Fsp3) is 0.600. The largest absolute Gasteiger partial charge is 0.312 e. The third kappa shape index (κ3) is 1.87. The van der Waals surface area contributed by atoms with Gasteiger partial charge in [-0.2, -0.15) is 0 Å². The van der Waals surface area contributed by atoms with E-state index in [9.17, 15) is 0 Å². The number of hydrogen-bond donors (Lipinski definition) is 1. The lowest BCUT2D eigenvalue weighted by atomic mass is 10.1. The van der Waals surface area contributed by atoms with Crippen LogP contribution in [0.4, 0.5) is 0 Å². The molecule has 1 N–H and O–H groups in total. The molecule has 1 unspecified atom stereocenters. The van der Waals surface area contributed by atoms with Crippen molar-refractivity contribution in [3.63, 3.8) is 0 Å². The molecular weight excluding hydrogens is 166 g/mol. The van der Waals surface area contributed by atoms with Crippen molar-refractivity contribution in [3.05, 3.63) is 21.4 Å². The number of thiophene rings is 1. The van der Waals surface area contributed by atoms with Crippen molar-refractivity contribution in [1.82, 2.24) is 5.32 Å². The molecule has 1 rings (SSSR count). The third-order valence-corrected chi connectivity index (χ3v) is 3.55. The molecule has 68 valence electrons. The van der Waals surface area contributed by atoms with Crippen LogP contribution in [0.15, 0.2) is 6.07 Å². The molecule has 0 spiro atoms. The Labute approximate surface area is 78.8 Å². The summed E-state index contributed by atoms with van der Waals surface area (Å²) in [6.07, 6.45) is 1.16. The van der Waals surface area contributed by atoms with Gasteiger partial charge < -0.3 is 5.32 Å². The number of nitrogens with one attached hydrogen (secondary N) is 1. The first-order valence-electron chi connectivity index (χ1n) is 4.43. The zero-order chi connectivity index (χ0) is 9.14. The minimum Gasteiger partial charge on any atom is -0.312 e. The Bertz CT molecular complexity index is 229. The van der Waals surface area contributed by atoms with Gasteiger partial charge in [0, 0.05) is 15.8 Å². The van der Waals surface area contributed by atoms with E-state index in [0.29, 0.717) is 6.04 Å². The van der Waals surface area contributed by atoms with Crippen molar-refractivity contribution in [1.29, 1.82) is 0 Å². The highest BCUT2D eigenvalue weighted by atomic mass is 32.1. The first-order valence-corrected chi connectivity index (χ1v) is 5.24. The van der Waals surface area contributed by atoms with E-state index in [1.807, 2.05) is 18.4 Å². The fourth-order valence-electron chi connectivity index (χ4n) is 1.32. The summed E-state index contributed by atoms with van der Waals surface area (Å²) in [5.41, 5.74) is 1.42. The van der Waals surface area contributed by atoms with Gasteiger partial charge in [0.2, 0.25) is 0 Å². The molecule has 1 heterocycles. The molecule has 12 heavy (non-hydrogen) atoms. The molecule has 0 radical (unpaired) electrons. The Kier molecular flexibility index (Phi) is 3.29. The molecule has 1 nitrogen and oxygen atoms in total. The zero-order valence-corrected chi connectivity index (χ0v) is 9.09. The van der Waals surface area contributed by atoms with Gasteiger partial charge in [-0.05, 0) is 38.9 Å². The highest BCUT2D eigenvalue weighted by Gasteiger charge is 2.09. The monoisotopic (exact) mass is 183 g/mol. The molecule has 0 saturated carbocycles. The Morgan fingerprint density at radius 2 is 2.17 bits per heavy atom. The smallest absolute Gasteiger partial charge is 0.0409 e. The highest BCUT2D eigenvalue weighted by Crippen LogP contribution is 2.27. The number of hydrogen-bond acceptors (Lipinski definition) is 2. The fourth-order valence-corrected chi connectivity index (χ4v) is 2.56. The van der Waals surface area contributed by atoms with Gasteiger partial charge in [-0.15, -0.1) is 11.3 Å². The molecule has 0 aliphatic carbocycles. The zero-order valence-electron chi connectivity index (χ0n) is 8.27. The summed E-state index contributed by atoms with van der Waals surface area (Å²) in [4.78, 5) is 2.91. The maximum absolute atomic E-state index is 3.32. The molecular formula is C10H17NS. The lowest BCUT2D eigenvalue weighted by Gasteiger charge is -2.10. The summed E-state index contributed by atoms with van der Waals surface area (Å²) in [6, 6.07) is 2.84. The SMILES string of the molecule is CCC(NC)c1cc(C)c(C)s1. The van der Waals surface area contributed by atoms with Gasteiger partial charge in [-0.25, -0.2) is 0 Å². The Balaban J connectivity index is 2.86. The van der Waals surface area contributed by atoms with E-state index in [0.717, 1.165) is 6.42 Å². The van der Waals surface area contributed by atoms with Crippen LogP contribution >= 0.6 is 11.3 Å². The van der Waals surface area contributed by atoms with Crippen LogP contribution in [0, 0.1) is 13.8 Å². The van der Waals surface area contributed by atoms with Crippen molar-refractivity contribution >= 4 is 11.3 Å². The van der Waals surface area contributed by atoms with Crippen LogP contribution < -0.4 is 5.32 Å². The summed E-state index contributed by atoms with van der Waals surface area (Å²) < 4.78 is 0. The van der Waals surface area contributed by atoms with Crippen LogP contribution in [0.3, 0.4) is 0 Å². The van der Waals surface area contributed by atoms with E-state index < -0.39 is 0 Å². The van der Waals surface area contributed by atoms with Crippen LogP contribution in [0.2, 0.25) is 0 Å². The summed E-state index contributed by atoms with van der Waals surface area (Å²) in [5.74, 6) is 0. The molecule has 1 aromatic rings. The van der Waals surface area contributed by atoms with Gasteiger partial charge >= 0.3 is 0 Å². The summed E-state index contributed by atoms with van der Waals surface area (Å²) in [5, 5.41) is 3.32. The number of aryl methyl sites for hydroxylation is 2. The van der Waals surface area contributed by atoms with E-state index in [4.69, 9.17) is 0 Å². The van der Waals surface area contributed by atoms with E-state index in [1.165, 1.54) is 15.3 Å². The van der Waals surface area contributed by atoms with Gasteiger partial charge in [0.15, 0.2) is 0 Å². The summed E-state index contributed by atoms with van der Waals surface area (Å²) in [6.45, 7) is 6.58. The average Bonchev–Trinajstić information content (AvgIpc) is 2.35. The molecule has 0 bridgehead atoms. The molecule has 0 saturated heterocycles. The van der Waals surface area contributed by atoms with Gasteiger partial charge in [-0.3, -0.25) is 0 Å². The topological polar surface area (TPSA) is 12.0 Å². The minimum absolute atomic E-state index is 0.544. The van der Waals surface area contributed by atoms with E-state index in [1.54, 1.807) is 0 Å². The Hall–Kier alpha value is -0.340. The van der Waals surface area contributed by atoms with Crippen molar-refractivity contribution < 1.29 is 0 Å². The maximum Gasteiger partial charge on any atom is 0.0409 e. The van der Waals surface area contributed by atoms with Crippen LogP contribution in [-0.2, 0) is 0 Å². The van der Waals surface area contributed by atoms with Gasteiger partial charge in [0.1, 0.15) is 0 Å². The van der Waals surface area contributed by atoms with Crippen LogP contribution in [0.25, 0.3) is 0 Å². The predicted molar refractivity (Wildman–Crippen MR) is 55.9 cm³/mol. The quantitative estimate of drug-likeness (QED) is 0.759. The second-order valence-electron chi connectivity index (χ2n) is 3.14. The Morgan fingerprint density at radius 1 is 1.50 bits per heavy atom. The normalized spacial score (nSPS) is 13.3. The molecule has 0 fully saturated rings. The molecule has 2 heteroatoms. The molecule has 1 aromatic heterocycles. The van der Waals surface area contributed by atoms with Crippen molar-refractivity contribution in [3.8, 4) is 0 Å². The van der Waals surface area contributed by atoms with Crippen LogP contribution in [0.5, 0.6) is 0 Å². The molecule has 0 aliphatic heterocycles. The third-order valence-electron chi connectivity index (χ3n) is 2.29. The highest BCUT2D eigenvalue weighted by molar-refractivity contribution is 7.12. The first-order chi connectivity index (χ1) is 5.69. The van der Waals surface area contributed by atoms with Crippen molar-refractivity contribution in [2.75, 3.05) is 7.05 Å². The van der Waals surface area contributed by atoms with Crippen LogP contribution in [0.1, 0.15) is 34.7 Å². The van der Waals surface area contributed by atoms with Crippen molar-refractivity contribution in [2.24, 2.45) is 0 Å². The average molecular weight is 183 g/mol. The molecule has 0 aromatic carbocycles. The van der Waals surface area contributed by atoms with E-state index >= 15 is 0 Å². The van der Waals surface area contributed by atoms with E-state index in [-0.39, 0.29) is 0 Å². The summed E-state index contributed by atoms with van der Waals surface area (Å²) in [7, 11) is 2.03. The van der Waals surface area contributed by atoms with Gasteiger partial charge in [0.05, 0.1) is 0 Å². The Morgan fingerprint density at radius 3 is 2.50 bits per heavy atom. The van der Waals surface area contributed by atoms with Gasteiger partial charge in [-0.1, -0.05) is 6.92 Å². The molecule has 1 atom stereocenters. The number of rotatable bonds is 3. The lowest BCUT2D eigenvalue weighted by Crippen LogP contribution is -2.13. The van der Waals surface area contributed by atoms with E-state index in [2.05, 4.69) is 32.2 Å².